The molecule has 0 saturated heterocycles. The molecule has 3 fully saturated rings. The van der Waals surface area contributed by atoms with Gasteiger partial charge in [0.2, 0.25) is 5.91 Å². The van der Waals surface area contributed by atoms with Crippen LogP contribution in [0.15, 0.2) is 0 Å². The number of amides is 1. The van der Waals surface area contributed by atoms with Gasteiger partial charge >= 0.3 is 0 Å². The summed E-state index contributed by atoms with van der Waals surface area (Å²) in [5.74, 6) is 3.57. The third-order valence-electron chi connectivity index (χ3n) is 4.70. The van der Waals surface area contributed by atoms with Crippen LogP contribution >= 0.6 is 0 Å². The molecule has 3 saturated carbocycles. The largest absolute Gasteiger partial charge is 0.332 e. The van der Waals surface area contributed by atoms with E-state index < -0.39 is 0 Å². The van der Waals surface area contributed by atoms with Crippen LogP contribution in [0.1, 0.15) is 19.3 Å². The van der Waals surface area contributed by atoms with Crippen molar-refractivity contribution >= 4 is 5.91 Å². The van der Waals surface area contributed by atoms with E-state index in [0.29, 0.717) is 11.8 Å². The van der Waals surface area contributed by atoms with E-state index in [4.69, 9.17) is 5.26 Å². The van der Waals surface area contributed by atoms with E-state index in [2.05, 4.69) is 0 Å². The Kier molecular flexibility index (Phi) is 1.83. The number of nitriles is 1. The van der Waals surface area contributed by atoms with Gasteiger partial charge in [-0.15, -0.1) is 0 Å². The van der Waals surface area contributed by atoms with E-state index in [9.17, 15) is 4.79 Å². The van der Waals surface area contributed by atoms with Crippen molar-refractivity contribution in [2.24, 2.45) is 29.6 Å². The minimum absolute atomic E-state index is 0.225. The lowest BCUT2D eigenvalue weighted by Gasteiger charge is -2.15. The molecule has 3 aliphatic rings. The van der Waals surface area contributed by atoms with Crippen molar-refractivity contribution in [1.82, 2.24) is 4.90 Å². The van der Waals surface area contributed by atoms with Crippen LogP contribution in [0.25, 0.3) is 0 Å². The van der Waals surface area contributed by atoms with Crippen molar-refractivity contribution in [3.63, 3.8) is 0 Å². The fourth-order valence-electron chi connectivity index (χ4n) is 4.09. The van der Waals surface area contributed by atoms with Gasteiger partial charge in [-0.3, -0.25) is 4.79 Å². The second-order valence-electron chi connectivity index (χ2n) is 5.37. The molecule has 0 heterocycles. The molecule has 1 amide bonds. The highest BCUT2D eigenvalue weighted by molar-refractivity contribution is 5.82. The number of rotatable bonds is 2. The fraction of sp³-hybridized carbons (Fsp3) is 0.833. The van der Waals surface area contributed by atoms with Gasteiger partial charge in [-0.05, 0) is 42.9 Å². The Morgan fingerprint density at radius 1 is 1.40 bits per heavy atom. The molecule has 0 aromatic heterocycles. The molecule has 3 nitrogen and oxygen atoms in total. The van der Waals surface area contributed by atoms with Crippen LogP contribution < -0.4 is 0 Å². The monoisotopic (exact) mass is 204 g/mol. The third kappa shape index (κ3) is 1.14. The summed E-state index contributed by atoms with van der Waals surface area (Å²) in [5.41, 5.74) is 0. The van der Waals surface area contributed by atoms with Crippen LogP contribution in [0.3, 0.4) is 0 Å². The third-order valence-corrected chi connectivity index (χ3v) is 4.70. The van der Waals surface area contributed by atoms with Gasteiger partial charge in [-0.1, -0.05) is 0 Å². The smallest absolute Gasteiger partial charge is 0.226 e. The highest BCUT2D eigenvalue weighted by Crippen LogP contribution is 2.69. The normalized spacial score (nSPS) is 44.7. The lowest BCUT2D eigenvalue weighted by molar-refractivity contribution is -0.131. The Hall–Kier alpha value is -1.04. The Balaban J connectivity index is 1.68. The van der Waals surface area contributed by atoms with Crippen LogP contribution in [0, 0.1) is 40.9 Å². The maximum Gasteiger partial charge on any atom is 0.226 e. The number of hydrogen-bond acceptors (Lipinski definition) is 2. The molecule has 3 rings (SSSR count). The molecule has 80 valence electrons. The number of carbonyl (C=O) groups excluding carboxylic acids is 1. The molecule has 0 spiro atoms. The highest BCUT2D eigenvalue weighted by Gasteiger charge is 2.67. The highest BCUT2D eigenvalue weighted by atomic mass is 16.2. The minimum atomic E-state index is 0.225. The molecule has 3 aliphatic carbocycles. The van der Waals surface area contributed by atoms with Gasteiger partial charge in [0.15, 0.2) is 0 Å². The number of carbonyl (C=O) groups is 1. The van der Waals surface area contributed by atoms with Crippen LogP contribution in [0.2, 0.25) is 0 Å². The summed E-state index contributed by atoms with van der Waals surface area (Å²) in [4.78, 5) is 13.6. The Bertz CT molecular complexity index is 330. The molecule has 4 atom stereocenters. The molecule has 0 N–H and O–H groups in total. The predicted octanol–water partition coefficient (Wildman–Crippen LogP) is 1.26. The van der Waals surface area contributed by atoms with E-state index in [1.807, 2.05) is 6.07 Å². The summed E-state index contributed by atoms with van der Waals surface area (Å²) in [6.45, 7) is 0.240. The first-order chi connectivity index (χ1) is 7.24. The van der Waals surface area contributed by atoms with Crippen molar-refractivity contribution in [1.29, 1.82) is 5.26 Å². The predicted molar refractivity (Wildman–Crippen MR) is 54.6 cm³/mol. The molecule has 0 aliphatic heterocycles. The number of fused-ring (bicyclic) bond motifs is 5. The average molecular weight is 204 g/mol. The van der Waals surface area contributed by atoms with Crippen LogP contribution in [0.4, 0.5) is 0 Å². The quantitative estimate of drug-likeness (QED) is 0.636. The molecule has 3 heteroatoms. The van der Waals surface area contributed by atoms with E-state index >= 15 is 0 Å². The van der Waals surface area contributed by atoms with Crippen molar-refractivity contribution in [2.75, 3.05) is 13.6 Å². The van der Waals surface area contributed by atoms with Gasteiger partial charge in [0.1, 0.15) is 6.54 Å². The molecule has 0 aromatic carbocycles. The second kappa shape index (κ2) is 2.98. The number of hydrogen-bond donors (Lipinski definition) is 0. The van der Waals surface area contributed by atoms with Crippen molar-refractivity contribution in [3.05, 3.63) is 0 Å². The summed E-state index contributed by atoms with van der Waals surface area (Å²) >= 11 is 0. The first-order valence-electron chi connectivity index (χ1n) is 5.86. The van der Waals surface area contributed by atoms with Crippen molar-refractivity contribution in [2.45, 2.75) is 19.3 Å². The Labute approximate surface area is 90.1 Å². The lowest BCUT2D eigenvalue weighted by Crippen LogP contribution is -2.30. The van der Waals surface area contributed by atoms with E-state index in [-0.39, 0.29) is 18.4 Å². The van der Waals surface area contributed by atoms with Crippen LogP contribution in [0.5, 0.6) is 0 Å². The SMILES string of the molecule is CN(CC#N)C(=O)C1C2C3CCC(C3)C12. The molecular formula is C12H16N2O. The zero-order valence-corrected chi connectivity index (χ0v) is 9.02. The van der Waals surface area contributed by atoms with Gasteiger partial charge < -0.3 is 4.90 Å². The molecular weight excluding hydrogens is 188 g/mol. The van der Waals surface area contributed by atoms with Gasteiger partial charge in [0.05, 0.1) is 6.07 Å². The molecule has 0 aromatic rings. The fourth-order valence-corrected chi connectivity index (χ4v) is 4.09. The molecule has 0 radical (unpaired) electrons. The van der Waals surface area contributed by atoms with Crippen LogP contribution in [-0.4, -0.2) is 24.4 Å². The van der Waals surface area contributed by atoms with E-state index in [1.54, 1.807) is 11.9 Å². The standard InChI is InChI=1S/C12H16N2O/c1-14(5-4-13)12(15)11-9-7-2-3-8(6-7)10(9)11/h7-11H,2-3,5-6H2,1H3. The maximum absolute atomic E-state index is 12.0. The van der Waals surface area contributed by atoms with Gasteiger partial charge in [0, 0.05) is 13.0 Å². The summed E-state index contributed by atoms with van der Waals surface area (Å²) < 4.78 is 0. The maximum atomic E-state index is 12.0. The molecule has 2 bridgehead atoms. The van der Waals surface area contributed by atoms with Gasteiger partial charge in [0.25, 0.3) is 0 Å². The zero-order chi connectivity index (χ0) is 10.6. The van der Waals surface area contributed by atoms with E-state index in [1.165, 1.54) is 19.3 Å². The summed E-state index contributed by atoms with van der Waals surface area (Å²) in [6, 6.07) is 2.04. The first-order valence-corrected chi connectivity index (χ1v) is 5.86. The van der Waals surface area contributed by atoms with Gasteiger partial charge in [-0.2, -0.15) is 5.26 Å². The topological polar surface area (TPSA) is 44.1 Å². The van der Waals surface area contributed by atoms with Gasteiger partial charge in [-0.25, -0.2) is 0 Å². The lowest BCUT2D eigenvalue weighted by atomic mass is 10.0. The first kappa shape index (κ1) is 9.21. The zero-order valence-electron chi connectivity index (χ0n) is 9.02. The average Bonchev–Trinajstić information content (AvgIpc) is 2.65. The Morgan fingerprint density at radius 3 is 2.53 bits per heavy atom. The Morgan fingerprint density at radius 2 is 2.00 bits per heavy atom. The van der Waals surface area contributed by atoms with Crippen molar-refractivity contribution in [3.8, 4) is 6.07 Å². The summed E-state index contributed by atoms with van der Waals surface area (Å²) in [7, 11) is 1.75. The van der Waals surface area contributed by atoms with Crippen LogP contribution in [-0.2, 0) is 4.79 Å². The molecule has 4 unspecified atom stereocenters. The summed E-state index contributed by atoms with van der Waals surface area (Å²) in [5, 5.41) is 8.56. The summed E-state index contributed by atoms with van der Waals surface area (Å²) in [6.07, 6.45) is 4.07. The van der Waals surface area contributed by atoms with E-state index in [0.717, 1.165) is 11.8 Å². The molecule has 15 heavy (non-hydrogen) atoms. The second-order valence-corrected chi connectivity index (χ2v) is 5.37. The minimum Gasteiger partial charge on any atom is -0.332 e. The number of nitrogens with zero attached hydrogens (tertiary/aromatic N) is 2. The van der Waals surface area contributed by atoms with Crippen molar-refractivity contribution < 1.29 is 4.79 Å².